The maximum absolute atomic E-state index is 5.17. The minimum Gasteiger partial charge on any atom is -0.300 e. The van der Waals surface area contributed by atoms with E-state index >= 15 is 0 Å². The molecule has 38 heavy (non-hydrogen) atoms. The van der Waals surface area contributed by atoms with Crippen LogP contribution in [0.5, 0.6) is 0 Å². The van der Waals surface area contributed by atoms with Crippen molar-refractivity contribution in [2.24, 2.45) is 0 Å². The van der Waals surface area contributed by atoms with Crippen LogP contribution in [0.4, 0.5) is 0 Å². The van der Waals surface area contributed by atoms with Gasteiger partial charge in [-0.15, -0.1) is 0 Å². The Bertz CT molecular complexity index is 2070. The van der Waals surface area contributed by atoms with Crippen LogP contribution in [0.3, 0.4) is 0 Å². The molecule has 0 aliphatic rings. The first-order chi connectivity index (χ1) is 18.7. The van der Waals surface area contributed by atoms with Crippen LogP contribution in [0, 0.1) is 0 Å². The molecule has 0 spiro atoms. The SMILES string of the molecule is C=Cn1c(/C=C\C)nc2c3c4cc(Br)ccc4n(-c4nc(-c5ccccc5)c5ccccc5n4)c3ccc21. The van der Waals surface area contributed by atoms with Gasteiger partial charge in [0.2, 0.25) is 5.95 Å². The van der Waals surface area contributed by atoms with Gasteiger partial charge in [0.25, 0.3) is 0 Å². The zero-order valence-electron chi connectivity index (χ0n) is 20.6. The van der Waals surface area contributed by atoms with Gasteiger partial charge >= 0.3 is 0 Å². The zero-order chi connectivity index (χ0) is 25.8. The fourth-order valence-electron chi connectivity index (χ4n) is 5.31. The van der Waals surface area contributed by atoms with E-state index in [4.69, 9.17) is 15.0 Å². The van der Waals surface area contributed by atoms with Crippen molar-refractivity contribution in [3.8, 4) is 17.2 Å². The topological polar surface area (TPSA) is 48.5 Å². The molecule has 0 atom stereocenters. The number of fused-ring (bicyclic) bond motifs is 6. The van der Waals surface area contributed by atoms with Gasteiger partial charge in [0.15, 0.2) is 0 Å². The maximum atomic E-state index is 5.17. The van der Waals surface area contributed by atoms with Gasteiger partial charge in [0.05, 0.1) is 33.3 Å². The molecule has 0 saturated heterocycles. The molecule has 0 bridgehead atoms. The minimum atomic E-state index is 0.626. The Morgan fingerprint density at radius 3 is 2.37 bits per heavy atom. The molecule has 5 nitrogen and oxygen atoms in total. The third-order valence-electron chi connectivity index (χ3n) is 6.91. The maximum Gasteiger partial charge on any atom is 0.235 e. The molecule has 0 amide bonds. The van der Waals surface area contributed by atoms with Gasteiger partial charge in [-0.05, 0) is 49.4 Å². The van der Waals surface area contributed by atoms with Crippen molar-refractivity contribution >= 4 is 71.9 Å². The second kappa shape index (κ2) is 8.78. The van der Waals surface area contributed by atoms with Crippen molar-refractivity contribution in [1.29, 1.82) is 0 Å². The molecule has 0 unspecified atom stereocenters. The number of halogens is 1. The van der Waals surface area contributed by atoms with Gasteiger partial charge < -0.3 is 4.57 Å². The number of hydrogen-bond acceptors (Lipinski definition) is 3. The Morgan fingerprint density at radius 1 is 0.789 bits per heavy atom. The highest BCUT2D eigenvalue weighted by Gasteiger charge is 2.21. The van der Waals surface area contributed by atoms with Gasteiger partial charge in [-0.2, -0.15) is 0 Å². The summed E-state index contributed by atoms with van der Waals surface area (Å²) in [5.74, 6) is 1.47. The van der Waals surface area contributed by atoms with E-state index in [0.717, 1.165) is 65.3 Å². The number of hydrogen-bond donors (Lipinski definition) is 0. The van der Waals surface area contributed by atoms with Crippen LogP contribution >= 0.6 is 15.9 Å². The Kier molecular flexibility index (Phi) is 5.23. The van der Waals surface area contributed by atoms with Crippen molar-refractivity contribution in [2.75, 3.05) is 0 Å². The smallest absolute Gasteiger partial charge is 0.235 e. The molecule has 182 valence electrons. The Balaban J connectivity index is 1.63. The number of imidazole rings is 1. The highest BCUT2D eigenvalue weighted by atomic mass is 79.9. The summed E-state index contributed by atoms with van der Waals surface area (Å²) in [5.41, 5.74) is 6.80. The van der Waals surface area contributed by atoms with Crippen LogP contribution in [-0.4, -0.2) is 24.1 Å². The number of rotatable bonds is 4. The highest BCUT2D eigenvalue weighted by molar-refractivity contribution is 9.10. The lowest BCUT2D eigenvalue weighted by molar-refractivity contribution is 1.01. The highest BCUT2D eigenvalue weighted by Crippen LogP contribution is 2.38. The first-order valence-corrected chi connectivity index (χ1v) is 13.2. The summed E-state index contributed by atoms with van der Waals surface area (Å²) in [7, 11) is 0. The van der Waals surface area contributed by atoms with Crippen LogP contribution in [-0.2, 0) is 0 Å². The molecule has 0 saturated carbocycles. The second-order valence-electron chi connectivity index (χ2n) is 9.10. The molecular formula is C32H22BrN5. The third-order valence-corrected chi connectivity index (χ3v) is 7.41. The van der Waals surface area contributed by atoms with Crippen molar-refractivity contribution in [2.45, 2.75) is 6.92 Å². The zero-order valence-corrected chi connectivity index (χ0v) is 22.2. The normalized spacial score (nSPS) is 11.9. The van der Waals surface area contributed by atoms with Crippen molar-refractivity contribution < 1.29 is 0 Å². The first-order valence-electron chi connectivity index (χ1n) is 12.4. The quantitative estimate of drug-likeness (QED) is 0.218. The molecule has 0 aliphatic heterocycles. The molecular weight excluding hydrogens is 534 g/mol. The van der Waals surface area contributed by atoms with Crippen LogP contribution in [0.1, 0.15) is 12.7 Å². The second-order valence-corrected chi connectivity index (χ2v) is 10.0. The monoisotopic (exact) mass is 555 g/mol. The molecule has 6 heteroatoms. The summed E-state index contributed by atoms with van der Waals surface area (Å²) in [4.78, 5) is 15.3. The molecule has 7 aromatic rings. The number of nitrogens with zero attached hydrogens (tertiary/aromatic N) is 5. The van der Waals surface area contributed by atoms with E-state index in [-0.39, 0.29) is 0 Å². The number of allylic oxidation sites excluding steroid dienone is 1. The summed E-state index contributed by atoms with van der Waals surface area (Å²) < 4.78 is 5.18. The Morgan fingerprint density at radius 2 is 1.55 bits per heavy atom. The van der Waals surface area contributed by atoms with E-state index in [2.05, 4.69) is 75.6 Å². The summed E-state index contributed by atoms with van der Waals surface area (Å²) in [6.07, 6.45) is 5.80. The van der Waals surface area contributed by atoms with Crippen molar-refractivity contribution in [1.82, 2.24) is 24.1 Å². The van der Waals surface area contributed by atoms with E-state index < -0.39 is 0 Å². The standard InChI is InChI=1S/C32H22BrN5/c1-3-10-28-35-31-27(37(28)4-2)18-17-26-29(31)23-19-21(33)15-16-25(23)38(26)32-34-24-14-9-8-13-22(24)30(36-32)20-11-6-5-7-12-20/h3-19H,2H2,1H3/b10-3-. The van der Waals surface area contributed by atoms with Crippen molar-refractivity contribution in [3.05, 3.63) is 108 Å². The van der Waals surface area contributed by atoms with Crippen LogP contribution < -0.4 is 0 Å². The summed E-state index contributed by atoms with van der Waals surface area (Å²) in [6, 6.07) is 29.0. The molecule has 7 rings (SSSR count). The predicted molar refractivity (Wildman–Crippen MR) is 161 cm³/mol. The molecule has 3 heterocycles. The molecule has 0 N–H and O–H groups in total. The summed E-state index contributed by atoms with van der Waals surface area (Å²) in [6.45, 7) is 6.02. The summed E-state index contributed by atoms with van der Waals surface area (Å²) in [5, 5.41) is 3.16. The number of benzene rings is 4. The number of aromatic nitrogens is 5. The number of para-hydroxylation sites is 1. The van der Waals surface area contributed by atoms with Crippen LogP contribution in [0.2, 0.25) is 0 Å². The molecule has 0 fully saturated rings. The fourth-order valence-corrected chi connectivity index (χ4v) is 5.67. The molecule has 3 aromatic heterocycles. The van der Waals surface area contributed by atoms with E-state index in [0.29, 0.717) is 5.95 Å². The van der Waals surface area contributed by atoms with Gasteiger partial charge in [-0.1, -0.05) is 77.1 Å². The third kappa shape index (κ3) is 3.34. The molecule has 0 aliphatic carbocycles. The van der Waals surface area contributed by atoms with E-state index in [1.54, 1.807) is 0 Å². The van der Waals surface area contributed by atoms with Gasteiger partial charge in [-0.3, -0.25) is 4.57 Å². The lowest BCUT2D eigenvalue weighted by Crippen LogP contribution is -2.03. The summed E-state index contributed by atoms with van der Waals surface area (Å²) >= 11 is 3.69. The largest absolute Gasteiger partial charge is 0.300 e. The fraction of sp³-hybridized carbons (Fsp3) is 0.0312. The average molecular weight is 556 g/mol. The molecule has 0 radical (unpaired) electrons. The predicted octanol–water partition coefficient (Wildman–Crippen LogP) is 8.64. The Labute approximate surface area is 227 Å². The molecule has 4 aromatic carbocycles. The van der Waals surface area contributed by atoms with Crippen molar-refractivity contribution in [3.63, 3.8) is 0 Å². The first kappa shape index (κ1) is 22.6. The average Bonchev–Trinajstić information content (AvgIpc) is 3.47. The van der Waals surface area contributed by atoms with Crippen LogP contribution in [0.25, 0.3) is 73.2 Å². The minimum absolute atomic E-state index is 0.626. The van der Waals surface area contributed by atoms with Gasteiger partial charge in [0, 0.05) is 32.4 Å². The van der Waals surface area contributed by atoms with Gasteiger partial charge in [0.1, 0.15) is 5.82 Å². The lowest BCUT2D eigenvalue weighted by Gasteiger charge is -2.11. The van der Waals surface area contributed by atoms with Gasteiger partial charge in [-0.25, -0.2) is 15.0 Å². The lowest BCUT2D eigenvalue weighted by atomic mass is 10.1. The van der Waals surface area contributed by atoms with Crippen LogP contribution in [0.15, 0.2) is 102 Å². The Hall–Kier alpha value is -4.55. The van der Waals surface area contributed by atoms with E-state index in [9.17, 15) is 0 Å². The van der Waals surface area contributed by atoms with E-state index in [1.807, 2.05) is 66.2 Å². The van der Waals surface area contributed by atoms with E-state index in [1.165, 1.54) is 0 Å².